The summed E-state index contributed by atoms with van der Waals surface area (Å²) in [4.78, 5) is 58.8. The van der Waals surface area contributed by atoms with Crippen LogP contribution < -0.4 is 21.7 Å². The van der Waals surface area contributed by atoms with Crippen molar-refractivity contribution in [3.63, 3.8) is 0 Å². The van der Waals surface area contributed by atoms with E-state index in [-0.39, 0.29) is 31.1 Å². The van der Waals surface area contributed by atoms with Gasteiger partial charge in [0.1, 0.15) is 18.6 Å². The lowest BCUT2D eigenvalue weighted by Crippen LogP contribution is -2.58. The van der Waals surface area contributed by atoms with Crippen molar-refractivity contribution < 1.29 is 34.2 Å². The standard InChI is InChI=1S/C19H34N4O7/c1-5-11(4)16(23-17(28)12(20)6-7-14(24)25)19(30)22-13(8-10(2)3)18(29)21-9-15(26)27/h10-13,16H,5-9,20H2,1-4H3,(H,21,29)(H,22,30)(H,23,28)(H,24,25)(H,26,27). The van der Waals surface area contributed by atoms with Gasteiger partial charge in [0.15, 0.2) is 0 Å². The highest BCUT2D eigenvalue weighted by Gasteiger charge is 2.31. The Morgan fingerprint density at radius 3 is 1.97 bits per heavy atom. The monoisotopic (exact) mass is 430 g/mol. The number of aliphatic carboxylic acids is 2. The van der Waals surface area contributed by atoms with Crippen LogP contribution in [0.2, 0.25) is 0 Å². The molecule has 0 bridgehead atoms. The normalized spacial score (nSPS) is 14.9. The largest absolute Gasteiger partial charge is 0.481 e. The molecule has 11 heteroatoms. The van der Waals surface area contributed by atoms with Crippen LogP contribution >= 0.6 is 0 Å². The molecule has 0 aromatic heterocycles. The van der Waals surface area contributed by atoms with Gasteiger partial charge in [0.05, 0.1) is 6.04 Å². The third-order valence-corrected chi connectivity index (χ3v) is 4.55. The number of carboxylic acids is 2. The van der Waals surface area contributed by atoms with E-state index in [2.05, 4.69) is 16.0 Å². The summed E-state index contributed by atoms with van der Waals surface area (Å²) in [5, 5.41) is 24.8. The summed E-state index contributed by atoms with van der Waals surface area (Å²) in [6.45, 7) is 6.69. The number of carbonyl (C=O) groups excluding carboxylic acids is 3. The first-order valence-electron chi connectivity index (χ1n) is 9.96. The number of nitrogens with one attached hydrogen (secondary N) is 3. The van der Waals surface area contributed by atoms with Crippen molar-refractivity contribution in [3.05, 3.63) is 0 Å². The molecule has 4 atom stereocenters. The molecule has 0 saturated heterocycles. The van der Waals surface area contributed by atoms with E-state index < -0.39 is 54.3 Å². The van der Waals surface area contributed by atoms with Gasteiger partial charge >= 0.3 is 11.9 Å². The van der Waals surface area contributed by atoms with Crippen LogP contribution in [0.4, 0.5) is 0 Å². The van der Waals surface area contributed by atoms with E-state index in [1.807, 2.05) is 20.8 Å². The molecule has 0 rings (SSSR count). The summed E-state index contributed by atoms with van der Waals surface area (Å²) in [5.74, 6) is -4.44. The van der Waals surface area contributed by atoms with Crippen molar-refractivity contribution in [2.45, 2.75) is 71.5 Å². The topological polar surface area (TPSA) is 188 Å². The van der Waals surface area contributed by atoms with Gasteiger partial charge in [-0.3, -0.25) is 24.0 Å². The van der Waals surface area contributed by atoms with Crippen LogP contribution in [-0.2, 0) is 24.0 Å². The molecule has 0 fully saturated rings. The number of rotatable bonds is 14. The quantitative estimate of drug-likeness (QED) is 0.211. The average Bonchev–Trinajstić information content (AvgIpc) is 2.66. The van der Waals surface area contributed by atoms with Crippen molar-refractivity contribution >= 4 is 29.7 Å². The molecule has 3 amide bonds. The van der Waals surface area contributed by atoms with Gasteiger partial charge in [-0.1, -0.05) is 34.1 Å². The molecule has 11 nitrogen and oxygen atoms in total. The van der Waals surface area contributed by atoms with E-state index in [1.54, 1.807) is 6.92 Å². The van der Waals surface area contributed by atoms with Crippen LogP contribution in [0.3, 0.4) is 0 Å². The van der Waals surface area contributed by atoms with Crippen LogP contribution in [0.25, 0.3) is 0 Å². The summed E-state index contributed by atoms with van der Waals surface area (Å²) >= 11 is 0. The smallest absolute Gasteiger partial charge is 0.322 e. The van der Waals surface area contributed by atoms with Crippen molar-refractivity contribution in [2.24, 2.45) is 17.6 Å². The number of hydrogen-bond donors (Lipinski definition) is 6. The van der Waals surface area contributed by atoms with Crippen LogP contribution in [0.5, 0.6) is 0 Å². The maximum atomic E-state index is 12.8. The average molecular weight is 431 g/mol. The first-order valence-corrected chi connectivity index (χ1v) is 9.96. The van der Waals surface area contributed by atoms with E-state index in [1.165, 1.54) is 0 Å². The summed E-state index contributed by atoms with van der Waals surface area (Å²) < 4.78 is 0. The molecule has 7 N–H and O–H groups in total. The molecular formula is C19H34N4O7. The molecule has 172 valence electrons. The van der Waals surface area contributed by atoms with Gasteiger partial charge in [0.2, 0.25) is 17.7 Å². The zero-order valence-electron chi connectivity index (χ0n) is 17.9. The molecule has 0 aliphatic heterocycles. The van der Waals surface area contributed by atoms with Gasteiger partial charge in [0, 0.05) is 6.42 Å². The van der Waals surface area contributed by atoms with Crippen molar-refractivity contribution in [3.8, 4) is 0 Å². The van der Waals surface area contributed by atoms with E-state index in [4.69, 9.17) is 15.9 Å². The highest BCUT2D eigenvalue weighted by atomic mass is 16.4. The second-order valence-electron chi connectivity index (χ2n) is 7.71. The van der Waals surface area contributed by atoms with Crippen molar-refractivity contribution in [1.29, 1.82) is 0 Å². The van der Waals surface area contributed by atoms with Crippen LogP contribution in [0.15, 0.2) is 0 Å². The highest BCUT2D eigenvalue weighted by molar-refractivity contribution is 5.93. The fourth-order valence-corrected chi connectivity index (χ4v) is 2.62. The molecule has 0 aromatic carbocycles. The Morgan fingerprint density at radius 1 is 0.900 bits per heavy atom. The van der Waals surface area contributed by atoms with Gasteiger partial charge < -0.3 is 31.9 Å². The molecule has 0 aliphatic rings. The third-order valence-electron chi connectivity index (χ3n) is 4.55. The second-order valence-corrected chi connectivity index (χ2v) is 7.71. The van der Waals surface area contributed by atoms with E-state index >= 15 is 0 Å². The molecule has 30 heavy (non-hydrogen) atoms. The van der Waals surface area contributed by atoms with Crippen molar-refractivity contribution in [1.82, 2.24) is 16.0 Å². The molecule has 0 heterocycles. The zero-order chi connectivity index (χ0) is 23.4. The SMILES string of the molecule is CCC(C)C(NC(=O)C(N)CCC(=O)O)C(=O)NC(CC(C)C)C(=O)NCC(=O)O. The predicted octanol–water partition coefficient (Wildman–Crippen LogP) is -0.559. The lowest BCUT2D eigenvalue weighted by Gasteiger charge is -2.28. The summed E-state index contributed by atoms with van der Waals surface area (Å²) in [6, 6.07) is -3.05. The molecule has 0 spiro atoms. The Kier molecular flexibility index (Phi) is 12.3. The fourth-order valence-electron chi connectivity index (χ4n) is 2.62. The predicted molar refractivity (Wildman–Crippen MR) is 108 cm³/mol. The Labute approximate surface area is 176 Å². The lowest BCUT2D eigenvalue weighted by atomic mass is 9.96. The maximum Gasteiger partial charge on any atom is 0.322 e. The summed E-state index contributed by atoms with van der Waals surface area (Å²) in [6.07, 6.45) is 0.456. The fraction of sp³-hybridized carbons (Fsp3) is 0.737. The number of hydrogen-bond acceptors (Lipinski definition) is 6. The molecule has 0 aromatic rings. The minimum Gasteiger partial charge on any atom is -0.481 e. The van der Waals surface area contributed by atoms with Gasteiger partial charge in [-0.05, 0) is 24.7 Å². The summed E-state index contributed by atoms with van der Waals surface area (Å²) in [7, 11) is 0. The molecule has 0 radical (unpaired) electrons. The minimum atomic E-state index is -1.21. The minimum absolute atomic E-state index is 0.0342. The van der Waals surface area contributed by atoms with Gasteiger partial charge in [0.25, 0.3) is 0 Å². The number of amides is 3. The van der Waals surface area contributed by atoms with Gasteiger partial charge in [-0.2, -0.15) is 0 Å². The molecule has 0 saturated carbocycles. The van der Waals surface area contributed by atoms with E-state index in [9.17, 15) is 24.0 Å². The Bertz CT molecular complexity index is 624. The van der Waals surface area contributed by atoms with Crippen molar-refractivity contribution in [2.75, 3.05) is 6.54 Å². The number of carboxylic acid groups (broad SMARTS) is 2. The van der Waals surface area contributed by atoms with E-state index in [0.29, 0.717) is 6.42 Å². The van der Waals surface area contributed by atoms with Gasteiger partial charge in [-0.25, -0.2) is 0 Å². The van der Waals surface area contributed by atoms with Crippen LogP contribution in [0.1, 0.15) is 53.4 Å². The summed E-state index contributed by atoms with van der Waals surface area (Å²) in [5.41, 5.74) is 5.71. The highest BCUT2D eigenvalue weighted by Crippen LogP contribution is 2.11. The maximum absolute atomic E-state index is 12.8. The van der Waals surface area contributed by atoms with Crippen LogP contribution in [0, 0.1) is 11.8 Å². The molecule has 4 unspecified atom stereocenters. The first-order chi connectivity index (χ1) is 13.9. The lowest BCUT2D eigenvalue weighted by molar-refractivity contribution is -0.139. The second kappa shape index (κ2) is 13.5. The Morgan fingerprint density at radius 2 is 1.50 bits per heavy atom. The van der Waals surface area contributed by atoms with Gasteiger partial charge in [-0.15, -0.1) is 0 Å². The number of carbonyl (C=O) groups is 5. The zero-order valence-corrected chi connectivity index (χ0v) is 17.9. The molecular weight excluding hydrogens is 396 g/mol. The number of nitrogens with two attached hydrogens (primary N) is 1. The Hall–Kier alpha value is -2.69. The Balaban J connectivity index is 5.27. The first kappa shape index (κ1) is 27.3. The van der Waals surface area contributed by atoms with Crippen LogP contribution in [-0.4, -0.2) is 64.5 Å². The molecule has 0 aliphatic carbocycles. The third kappa shape index (κ3) is 10.7. The van der Waals surface area contributed by atoms with E-state index in [0.717, 1.165) is 0 Å².